The van der Waals surface area contributed by atoms with Gasteiger partial charge in [-0.3, -0.25) is 9.59 Å². The maximum absolute atomic E-state index is 13.9. The van der Waals surface area contributed by atoms with Crippen molar-refractivity contribution < 1.29 is 22.8 Å². The molecule has 1 heterocycles. The monoisotopic (exact) mass is 490 g/mol. The molecule has 0 saturated carbocycles. The fourth-order valence-electron chi connectivity index (χ4n) is 3.91. The third-order valence-corrected chi connectivity index (χ3v) is 6.97. The molecule has 0 radical (unpaired) electrons. The second kappa shape index (κ2) is 11.1. The topological polar surface area (TPSA) is 49.4 Å². The first-order valence-electron chi connectivity index (χ1n) is 11.3. The Labute approximate surface area is 202 Å². The summed E-state index contributed by atoms with van der Waals surface area (Å²) in [6.45, 7) is 9.36. The molecule has 0 atom stereocenters. The highest BCUT2D eigenvalue weighted by molar-refractivity contribution is 7.99. The molecular formula is C26H29F3N2O2S. The predicted octanol–water partition coefficient (Wildman–Crippen LogP) is 6.12. The highest BCUT2D eigenvalue weighted by atomic mass is 32.2. The van der Waals surface area contributed by atoms with Crippen LogP contribution in [0.15, 0.2) is 58.8 Å². The van der Waals surface area contributed by atoms with Gasteiger partial charge in [0.2, 0.25) is 5.91 Å². The zero-order valence-corrected chi connectivity index (χ0v) is 20.2. The van der Waals surface area contributed by atoms with E-state index in [1.807, 2.05) is 26.0 Å². The minimum absolute atomic E-state index is 0.0205. The van der Waals surface area contributed by atoms with Crippen LogP contribution in [0, 0.1) is 0 Å². The van der Waals surface area contributed by atoms with E-state index >= 15 is 0 Å². The lowest BCUT2D eigenvalue weighted by molar-refractivity contribution is -0.139. The lowest BCUT2D eigenvalue weighted by Crippen LogP contribution is -2.31. The molecular weight excluding hydrogens is 461 g/mol. The Kier molecular flexibility index (Phi) is 8.47. The van der Waals surface area contributed by atoms with E-state index in [1.54, 1.807) is 17.0 Å². The normalized spacial score (nSPS) is 14.1. The van der Waals surface area contributed by atoms with Crippen LogP contribution in [-0.2, 0) is 15.8 Å². The van der Waals surface area contributed by atoms with E-state index in [0.717, 1.165) is 36.4 Å². The molecule has 0 unspecified atom stereocenters. The SMILES string of the molecule is C=C(C(=O)NCCCN1CCCC1=O)c1cccc(C(F)(F)F)c1Sc1ccccc1C(C)C. The number of halogens is 3. The van der Waals surface area contributed by atoms with Gasteiger partial charge in [-0.15, -0.1) is 0 Å². The summed E-state index contributed by atoms with van der Waals surface area (Å²) in [7, 11) is 0. The molecule has 3 rings (SSSR count). The molecule has 1 aliphatic heterocycles. The smallest absolute Gasteiger partial charge is 0.352 e. The fourth-order valence-corrected chi connectivity index (χ4v) is 5.29. The summed E-state index contributed by atoms with van der Waals surface area (Å²) < 4.78 is 41.7. The second-order valence-corrected chi connectivity index (χ2v) is 9.60. The van der Waals surface area contributed by atoms with E-state index in [1.165, 1.54) is 12.1 Å². The Morgan fingerprint density at radius 2 is 1.91 bits per heavy atom. The summed E-state index contributed by atoms with van der Waals surface area (Å²) >= 11 is 1.01. The largest absolute Gasteiger partial charge is 0.417 e. The number of likely N-dealkylation sites (tertiary alicyclic amines) is 1. The number of rotatable bonds is 9. The fraction of sp³-hybridized carbons (Fsp3) is 0.385. The van der Waals surface area contributed by atoms with Gasteiger partial charge in [-0.2, -0.15) is 13.2 Å². The maximum atomic E-state index is 13.9. The molecule has 8 heteroatoms. The van der Waals surface area contributed by atoms with Crippen molar-refractivity contribution in [3.05, 3.63) is 65.7 Å². The van der Waals surface area contributed by atoms with Gasteiger partial charge in [0.1, 0.15) is 0 Å². The molecule has 2 amide bonds. The molecule has 2 aromatic rings. The van der Waals surface area contributed by atoms with Crippen LogP contribution in [0.25, 0.3) is 5.57 Å². The van der Waals surface area contributed by atoms with Gasteiger partial charge in [-0.1, -0.05) is 62.5 Å². The summed E-state index contributed by atoms with van der Waals surface area (Å²) in [5, 5.41) is 2.73. The van der Waals surface area contributed by atoms with E-state index in [0.29, 0.717) is 30.8 Å². The Morgan fingerprint density at radius 3 is 2.56 bits per heavy atom. The number of nitrogens with one attached hydrogen (secondary N) is 1. The van der Waals surface area contributed by atoms with Crippen LogP contribution in [0.5, 0.6) is 0 Å². The number of nitrogens with zero attached hydrogens (tertiary/aromatic N) is 1. The number of carbonyl (C=O) groups excluding carboxylic acids is 2. The average Bonchev–Trinajstić information content (AvgIpc) is 3.20. The van der Waals surface area contributed by atoms with Gasteiger partial charge in [0.15, 0.2) is 0 Å². The predicted molar refractivity (Wildman–Crippen MR) is 129 cm³/mol. The second-order valence-electron chi connectivity index (χ2n) is 8.55. The number of hydrogen-bond donors (Lipinski definition) is 1. The van der Waals surface area contributed by atoms with Gasteiger partial charge < -0.3 is 10.2 Å². The maximum Gasteiger partial charge on any atom is 0.417 e. The summed E-state index contributed by atoms with van der Waals surface area (Å²) in [4.78, 5) is 26.9. The molecule has 1 N–H and O–H groups in total. The van der Waals surface area contributed by atoms with Crippen molar-refractivity contribution in [2.45, 2.75) is 55.0 Å². The van der Waals surface area contributed by atoms with Crippen LogP contribution in [-0.4, -0.2) is 36.3 Å². The quantitative estimate of drug-likeness (QED) is 0.340. The van der Waals surface area contributed by atoms with Gasteiger partial charge in [0, 0.05) is 47.0 Å². The highest BCUT2D eigenvalue weighted by Gasteiger charge is 2.35. The number of hydrogen-bond acceptors (Lipinski definition) is 3. The molecule has 0 aromatic heterocycles. The van der Waals surface area contributed by atoms with Crippen LogP contribution >= 0.6 is 11.8 Å². The molecule has 182 valence electrons. The molecule has 4 nitrogen and oxygen atoms in total. The molecule has 0 spiro atoms. The van der Waals surface area contributed by atoms with Crippen LogP contribution in [0.1, 0.15) is 55.7 Å². The Bertz CT molecular complexity index is 1070. The van der Waals surface area contributed by atoms with Crippen molar-refractivity contribution in [3.8, 4) is 0 Å². The van der Waals surface area contributed by atoms with E-state index in [2.05, 4.69) is 11.9 Å². The summed E-state index contributed by atoms with van der Waals surface area (Å²) in [5.41, 5.74) is 0.274. The standard InChI is InChI=1S/C26H29F3N2O2S/c1-17(2)19-9-4-5-12-22(19)34-24-20(10-6-11-21(24)26(27,28)29)18(3)25(33)30-14-8-16-31-15-7-13-23(31)32/h4-6,9-12,17H,3,7-8,13-16H2,1-2H3,(H,30,33). The third kappa shape index (κ3) is 6.23. The summed E-state index contributed by atoms with van der Waals surface area (Å²) in [6.07, 6.45) is -2.61. The molecule has 1 aliphatic rings. The van der Waals surface area contributed by atoms with Gasteiger partial charge in [-0.25, -0.2) is 0 Å². The number of amides is 2. The van der Waals surface area contributed by atoms with Gasteiger partial charge >= 0.3 is 6.18 Å². The van der Waals surface area contributed by atoms with Crippen molar-refractivity contribution in [1.29, 1.82) is 0 Å². The van der Waals surface area contributed by atoms with E-state index in [9.17, 15) is 22.8 Å². The van der Waals surface area contributed by atoms with Crippen molar-refractivity contribution >= 4 is 29.1 Å². The van der Waals surface area contributed by atoms with Crippen molar-refractivity contribution in [3.63, 3.8) is 0 Å². The number of benzene rings is 2. The van der Waals surface area contributed by atoms with Crippen molar-refractivity contribution in [2.24, 2.45) is 0 Å². The van der Waals surface area contributed by atoms with Gasteiger partial charge in [-0.05, 0) is 36.5 Å². The zero-order chi connectivity index (χ0) is 24.9. The van der Waals surface area contributed by atoms with Crippen LogP contribution in [0.3, 0.4) is 0 Å². The van der Waals surface area contributed by atoms with Gasteiger partial charge in [0.25, 0.3) is 5.91 Å². The number of carbonyl (C=O) groups is 2. The highest BCUT2D eigenvalue weighted by Crippen LogP contribution is 2.44. The van der Waals surface area contributed by atoms with E-state index in [-0.39, 0.29) is 27.9 Å². The molecule has 1 saturated heterocycles. The lowest BCUT2D eigenvalue weighted by atomic mass is 10.0. The molecule has 1 fully saturated rings. The minimum Gasteiger partial charge on any atom is -0.352 e. The third-order valence-electron chi connectivity index (χ3n) is 5.73. The minimum atomic E-state index is -4.58. The Morgan fingerprint density at radius 1 is 1.18 bits per heavy atom. The van der Waals surface area contributed by atoms with Crippen LogP contribution in [0.4, 0.5) is 13.2 Å². The van der Waals surface area contributed by atoms with Gasteiger partial charge in [0.05, 0.1) is 5.56 Å². The Hall–Kier alpha value is -2.74. The van der Waals surface area contributed by atoms with E-state index in [4.69, 9.17) is 0 Å². The van der Waals surface area contributed by atoms with Crippen molar-refractivity contribution in [2.75, 3.05) is 19.6 Å². The molecule has 34 heavy (non-hydrogen) atoms. The lowest BCUT2D eigenvalue weighted by Gasteiger charge is -2.20. The van der Waals surface area contributed by atoms with Crippen LogP contribution in [0.2, 0.25) is 0 Å². The summed E-state index contributed by atoms with van der Waals surface area (Å²) in [5.74, 6) is -0.284. The molecule has 2 aromatic carbocycles. The number of alkyl halides is 3. The van der Waals surface area contributed by atoms with Crippen molar-refractivity contribution in [1.82, 2.24) is 10.2 Å². The van der Waals surface area contributed by atoms with E-state index < -0.39 is 17.6 Å². The first kappa shape index (κ1) is 25.9. The molecule has 0 bridgehead atoms. The zero-order valence-electron chi connectivity index (χ0n) is 19.4. The average molecular weight is 491 g/mol. The van der Waals surface area contributed by atoms with Crippen LogP contribution < -0.4 is 5.32 Å². The Balaban J connectivity index is 1.81. The summed E-state index contributed by atoms with van der Waals surface area (Å²) in [6, 6.07) is 11.2. The molecule has 0 aliphatic carbocycles. The first-order valence-corrected chi connectivity index (χ1v) is 12.1. The first-order chi connectivity index (χ1) is 16.1.